The van der Waals surface area contributed by atoms with Gasteiger partial charge in [-0.25, -0.2) is 4.79 Å². The highest BCUT2D eigenvalue weighted by atomic mass is 16.4. The van der Waals surface area contributed by atoms with Crippen molar-refractivity contribution in [3.05, 3.63) is 0 Å². The molecule has 0 heterocycles. The van der Waals surface area contributed by atoms with Crippen molar-refractivity contribution in [3.63, 3.8) is 0 Å². The molecular formula is C20H38N4O6. The summed E-state index contributed by atoms with van der Waals surface area (Å²) in [6.45, 7) is 11.8. The zero-order valence-electron chi connectivity index (χ0n) is 18.9. The van der Waals surface area contributed by atoms with Crippen molar-refractivity contribution in [2.24, 2.45) is 23.5 Å². The summed E-state index contributed by atoms with van der Waals surface area (Å²) in [6, 6.07) is -4.32. The largest absolute Gasteiger partial charge is 0.480 e. The number of rotatable bonds is 12. The van der Waals surface area contributed by atoms with Crippen LogP contribution in [0.4, 0.5) is 0 Å². The topological polar surface area (TPSA) is 171 Å². The molecule has 0 aromatic rings. The molecule has 3 amide bonds. The number of carboxylic acid groups (broad SMARTS) is 1. The van der Waals surface area contributed by atoms with Gasteiger partial charge in [-0.1, -0.05) is 41.5 Å². The van der Waals surface area contributed by atoms with Crippen molar-refractivity contribution in [2.75, 3.05) is 0 Å². The maximum Gasteiger partial charge on any atom is 0.326 e. The highest BCUT2D eigenvalue weighted by Crippen LogP contribution is 2.09. The van der Waals surface area contributed by atoms with Crippen LogP contribution in [0.2, 0.25) is 0 Å². The molecule has 174 valence electrons. The SMILES string of the molecule is CC(C)C[C@H](NC(=O)[C@@H](NC(=O)[C@@H](N)C(C)C)[C@@H](C)O)C(=O)N[C@H](C(=O)O)C(C)C. The third-order valence-corrected chi connectivity index (χ3v) is 4.65. The van der Waals surface area contributed by atoms with Gasteiger partial charge in [0.2, 0.25) is 17.7 Å². The predicted octanol–water partition coefficient (Wildman–Crippen LogP) is -0.408. The van der Waals surface area contributed by atoms with E-state index in [9.17, 15) is 29.4 Å². The highest BCUT2D eigenvalue weighted by molar-refractivity contribution is 5.94. The van der Waals surface area contributed by atoms with E-state index in [1.54, 1.807) is 27.7 Å². The first kappa shape index (κ1) is 27.8. The Bertz CT molecular complexity index is 606. The molecular weight excluding hydrogens is 392 g/mol. The van der Waals surface area contributed by atoms with Crippen molar-refractivity contribution >= 4 is 23.7 Å². The van der Waals surface area contributed by atoms with Crippen LogP contribution in [0.25, 0.3) is 0 Å². The van der Waals surface area contributed by atoms with Gasteiger partial charge in [-0.15, -0.1) is 0 Å². The van der Waals surface area contributed by atoms with Crippen molar-refractivity contribution in [1.29, 1.82) is 0 Å². The van der Waals surface area contributed by atoms with Gasteiger partial charge in [0.1, 0.15) is 18.1 Å². The van der Waals surface area contributed by atoms with Crippen LogP contribution in [0, 0.1) is 17.8 Å². The van der Waals surface area contributed by atoms with Crippen LogP contribution >= 0.6 is 0 Å². The molecule has 0 aliphatic rings. The Labute approximate surface area is 178 Å². The van der Waals surface area contributed by atoms with Crippen LogP contribution in [-0.4, -0.2) is 64.2 Å². The van der Waals surface area contributed by atoms with E-state index >= 15 is 0 Å². The summed E-state index contributed by atoms with van der Waals surface area (Å²) in [4.78, 5) is 49.0. The Hall–Kier alpha value is -2.20. The third kappa shape index (κ3) is 9.08. The van der Waals surface area contributed by atoms with Gasteiger partial charge < -0.3 is 31.9 Å². The molecule has 7 N–H and O–H groups in total. The van der Waals surface area contributed by atoms with Crippen LogP contribution < -0.4 is 21.7 Å². The van der Waals surface area contributed by atoms with Gasteiger partial charge in [0.25, 0.3) is 0 Å². The number of aliphatic hydroxyl groups excluding tert-OH is 1. The number of nitrogens with two attached hydrogens (primary N) is 1. The molecule has 0 aliphatic carbocycles. The molecule has 0 saturated heterocycles. The minimum atomic E-state index is -1.31. The number of nitrogens with one attached hydrogen (secondary N) is 3. The number of hydrogen-bond donors (Lipinski definition) is 6. The Morgan fingerprint density at radius 1 is 0.767 bits per heavy atom. The summed E-state index contributed by atoms with van der Waals surface area (Å²) in [5, 5.41) is 26.7. The standard InChI is InChI=1S/C20H38N4O6/c1-9(2)8-13(17(26)23-15(11(5)6)20(29)30)22-19(28)16(12(7)25)24-18(27)14(21)10(3)4/h9-16,25H,8,21H2,1-7H3,(H,22,28)(H,23,26)(H,24,27)(H,29,30)/t12-,13+,14+,15+,16+/m1/s1. The number of aliphatic carboxylic acids is 1. The Balaban J connectivity index is 5.45. The number of carbonyl (C=O) groups is 4. The Morgan fingerprint density at radius 3 is 1.63 bits per heavy atom. The quantitative estimate of drug-likeness (QED) is 0.244. The first-order valence-corrected chi connectivity index (χ1v) is 10.3. The second-order valence-electron chi connectivity index (χ2n) is 8.76. The second kappa shape index (κ2) is 12.5. The number of carbonyl (C=O) groups excluding carboxylic acids is 3. The maximum absolute atomic E-state index is 12.7. The summed E-state index contributed by atoms with van der Waals surface area (Å²) in [5.41, 5.74) is 5.79. The van der Waals surface area contributed by atoms with E-state index in [4.69, 9.17) is 5.73 Å². The molecule has 0 fully saturated rings. The van der Waals surface area contributed by atoms with E-state index in [2.05, 4.69) is 16.0 Å². The molecule has 0 aromatic heterocycles. The van der Waals surface area contributed by atoms with Gasteiger partial charge in [-0.3, -0.25) is 14.4 Å². The molecule has 5 atom stereocenters. The Kier molecular flexibility index (Phi) is 11.6. The molecule has 30 heavy (non-hydrogen) atoms. The van der Waals surface area contributed by atoms with Gasteiger partial charge in [0, 0.05) is 0 Å². The van der Waals surface area contributed by atoms with Gasteiger partial charge in [-0.05, 0) is 31.1 Å². The van der Waals surface area contributed by atoms with Gasteiger partial charge in [0.15, 0.2) is 0 Å². The first-order valence-electron chi connectivity index (χ1n) is 10.3. The fourth-order valence-corrected chi connectivity index (χ4v) is 2.69. The summed E-state index contributed by atoms with van der Waals surface area (Å²) >= 11 is 0. The summed E-state index contributed by atoms with van der Waals surface area (Å²) < 4.78 is 0. The van der Waals surface area contributed by atoms with Crippen LogP contribution in [-0.2, 0) is 19.2 Å². The van der Waals surface area contributed by atoms with E-state index in [1.807, 2.05) is 13.8 Å². The molecule has 10 nitrogen and oxygen atoms in total. The molecule has 10 heteroatoms. The predicted molar refractivity (Wildman–Crippen MR) is 112 cm³/mol. The fraction of sp³-hybridized carbons (Fsp3) is 0.800. The molecule has 0 rings (SSSR count). The van der Waals surface area contributed by atoms with Crippen LogP contribution in [0.15, 0.2) is 0 Å². The number of aliphatic hydroxyl groups is 1. The third-order valence-electron chi connectivity index (χ3n) is 4.65. The summed E-state index contributed by atoms with van der Waals surface area (Å²) in [7, 11) is 0. The van der Waals surface area contributed by atoms with E-state index in [0.717, 1.165) is 0 Å². The number of carboxylic acids is 1. The van der Waals surface area contributed by atoms with E-state index < -0.39 is 54.0 Å². The number of amides is 3. The lowest BCUT2D eigenvalue weighted by molar-refractivity contribution is -0.143. The minimum absolute atomic E-state index is 0.0114. The minimum Gasteiger partial charge on any atom is -0.480 e. The lowest BCUT2D eigenvalue weighted by Crippen LogP contribution is -2.60. The smallest absolute Gasteiger partial charge is 0.326 e. The van der Waals surface area contributed by atoms with Gasteiger partial charge in [-0.2, -0.15) is 0 Å². The van der Waals surface area contributed by atoms with Crippen LogP contribution in [0.5, 0.6) is 0 Å². The van der Waals surface area contributed by atoms with Crippen LogP contribution in [0.3, 0.4) is 0 Å². The lowest BCUT2D eigenvalue weighted by Gasteiger charge is -2.28. The monoisotopic (exact) mass is 430 g/mol. The molecule has 0 saturated carbocycles. The molecule has 0 bridgehead atoms. The highest BCUT2D eigenvalue weighted by Gasteiger charge is 2.33. The average Bonchev–Trinajstić information content (AvgIpc) is 2.60. The molecule has 0 radical (unpaired) electrons. The van der Waals surface area contributed by atoms with Crippen LogP contribution in [0.1, 0.15) is 54.9 Å². The summed E-state index contributed by atoms with van der Waals surface area (Å²) in [5.74, 6) is -3.70. The molecule has 0 unspecified atom stereocenters. The molecule has 0 aromatic carbocycles. The van der Waals surface area contributed by atoms with Crippen molar-refractivity contribution in [3.8, 4) is 0 Å². The second-order valence-corrected chi connectivity index (χ2v) is 8.76. The van der Waals surface area contributed by atoms with E-state index in [1.165, 1.54) is 6.92 Å². The van der Waals surface area contributed by atoms with E-state index in [0.29, 0.717) is 0 Å². The van der Waals surface area contributed by atoms with E-state index in [-0.39, 0.29) is 24.2 Å². The molecule has 0 spiro atoms. The summed E-state index contributed by atoms with van der Waals surface area (Å²) in [6.07, 6.45) is -0.993. The average molecular weight is 431 g/mol. The van der Waals surface area contributed by atoms with Gasteiger partial charge in [0.05, 0.1) is 12.1 Å². The normalized spacial score (nSPS) is 16.5. The Morgan fingerprint density at radius 2 is 1.27 bits per heavy atom. The van der Waals surface area contributed by atoms with Crippen molar-refractivity contribution < 1.29 is 29.4 Å². The van der Waals surface area contributed by atoms with Crippen molar-refractivity contribution in [1.82, 2.24) is 16.0 Å². The maximum atomic E-state index is 12.7. The zero-order chi connectivity index (χ0) is 23.8. The lowest BCUT2D eigenvalue weighted by atomic mass is 9.99. The van der Waals surface area contributed by atoms with Gasteiger partial charge >= 0.3 is 5.97 Å². The fourth-order valence-electron chi connectivity index (χ4n) is 2.69. The number of hydrogen-bond acceptors (Lipinski definition) is 6. The first-order chi connectivity index (χ1) is 13.7. The molecule has 0 aliphatic heterocycles. The zero-order valence-corrected chi connectivity index (χ0v) is 18.9. The van der Waals surface area contributed by atoms with Crippen molar-refractivity contribution in [2.45, 2.75) is 85.2 Å².